The largest absolute Gasteiger partial charge is 0.492 e. The summed E-state index contributed by atoms with van der Waals surface area (Å²) >= 11 is 3.19. The molecule has 1 aromatic carbocycles. The summed E-state index contributed by atoms with van der Waals surface area (Å²) in [5, 5.41) is 0. The van der Waals surface area contributed by atoms with Crippen molar-refractivity contribution in [2.24, 2.45) is 0 Å². The lowest BCUT2D eigenvalue weighted by Gasteiger charge is -2.40. The van der Waals surface area contributed by atoms with Crippen LogP contribution < -0.4 is 4.74 Å². The molecule has 0 radical (unpaired) electrons. The van der Waals surface area contributed by atoms with Crippen LogP contribution in [0.5, 0.6) is 5.75 Å². The highest BCUT2D eigenvalue weighted by atomic mass is 79.9. The van der Waals surface area contributed by atoms with Gasteiger partial charge in [0.15, 0.2) is 0 Å². The molecule has 5 nitrogen and oxygen atoms in total. The van der Waals surface area contributed by atoms with Crippen LogP contribution in [0, 0.1) is 5.82 Å². The number of hydrogen-bond donors (Lipinski definition) is 0. The molecule has 0 aliphatic carbocycles. The zero-order valence-corrected chi connectivity index (χ0v) is 15.7. The van der Waals surface area contributed by atoms with Gasteiger partial charge < -0.3 is 14.4 Å². The number of carbonyl (C=O) groups is 1. The molecule has 0 spiro atoms. The second-order valence-corrected chi connectivity index (χ2v) is 8.09. The molecule has 0 bridgehead atoms. The van der Waals surface area contributed by atoms with Crippen LogP contribution >= 0.6 is 15.9 Å². The van der Waals surface area contributed by atoms with E-state index in [4.69, 9.17) is 9.47 Å². The third kappa shape index (κ3) is 3.83. The van der Waals surface area contributed by atoms with Crippen LogP contribution in [-0.2, 0) is 11.3 Å². The summed E-state index contributed by atoms with van der Waals surface area (Å²) in [6, 6.07) is 3.26. The van der Waals surface area contributed by atoms with Crippen molar-refractivity contribution >= 4 is 22.0 Å². The zero-order chi connectivity index (χ0) is 17.5. The van der Waals surface area contributed by atoms with Gasteiger partial charge in [-0.2, -0.15) is 0 Å². The van der Waals surface area contributed by atoms with E-state index in [0.717, 1.165) is 5.56 Å². The topological polar surface area (TPSA) is 42.0 Å². The van der Waals surface area contributed by atoms with Gasteiger partial charge in [-0.3, -0.25) is 4.90 Å². The van der Waals surface area contributed by atoms with Crippen molar-refractivity contribution in [1.82, 2.24) is 9.80 Å². The van der Waals surface area contributed by atoms with Gasteiger partial charge in [0, 0.05) is 31.7 Å². The smallest absolute Gasteiger partial charge is 0.410 e. The SMILES string of the molecule is CC(C)(C)OC(=O)N1CCN2Cc3cc(F)c(Br)cc3OC[C@H]2C1. The Balaban J connectivity index is 1.71. The predicted molar refractivity (Wildman–Crippen MR) is 91.6 cm³/mol. The third-order valence-corrected chi connectivity index (χ3v) is 4.77. The molecule has 0 unspecified atom stereocenters. The summed E-state index contributed by atoms with van der Waals surface area (Å²) < 4.78 is 25.5. The van der Waals surface area contributed by atoms with Gasteiger partial charge in [-0.15, -0.1) is 0 Å². The number of piperazine rings is 1. The molecular formula is C17H22BrFN2O3. The Morgan fingerprint density at radius 3 is 2.83 bits per heavy atom. The van der Waals surface area contributed by atoms with Gasteiger partial charge in [-0.1, -0.05) is 0 Å². The number of halogens is 2. The van der Waals surface area contributed by atoms with Gasteiger partial charge in [0.05, 0.1) is 10.5 Å². The van der Waals surface area contributed by atoms with E-state index in [1.54, 1.807) is 11.0 Å². The Kier molecular flexibility index (Phi) is 4.75. The van der Waals surface area contributed by atoms with E-state index in [1.165, 1.54) is 6.07 Å². The van der Waals surface area contributed by atoms with Gasteiger partial charge in [0.1, 0.15) is 23.8 Å². The molecule has 3 rings (SSSR count). The number of fused-ring (bicyclic) bond motifs is 2. The molecule has 1 fully saturated rings. The maximum Gasteiger partial charge on any atom is 0.410 e. The van der Waals surface area contributed by atoms with Crippen molar-refractivity contribution < 1.29 is 18.7 Å². The number of hydrogen-bond acceptors (Lipinski definition) is 4. The van der Waals surface area contributed by atoms with Crippen molar-refractivity contribution in [3.63, 3.8) is 0 Å². The molecule has 0 aromatic heterocycles. The lowest BCUT2D eigenvalue weighted by Crippen LogP contribution is -2.56. The highest BCUT2D eigenvalue weighted by Gasteiger charge is 2.34. The maximum atomic E-state index is 13.8. The minimum atomic E-state index is -0.506. The standard InChI is InChI=1S/C17H22BrFN2O3/c1-17(2,3)24-16(22)21-5-4-20-8-11-6-14(19)13(18)7-15(11)23-10-12(20)9-21/h6-7,12H,4-5,8-10H2,1-3H3/t12-/m1/s1. The zero-order valence-electron chi connectivity index (χ0n) is 14.1. The summed E-state index contributed by atoms with van der Waals surface area (Å²) in [5.74, 6) is 0.407. The van der Waals surface area contributed by atoms with Crippen LogP contribution in [0.2, 0.25) is 0 Å². The van der Waals surface area contributed by atoms with Crippen LogP contribution in [0.3, 0.4) is 0 Å². The van der Waals surface area contributed by atoms with E-state index < -0.39 is 5.60 Å². The third-order valence-electron chi connectivity index (χ3n) is 4.16. The molecule has 1 amide bonds. The first-order valence-corrected chi connectivity index (χ1v) is 8.85. The maximum absolute atomic E-state index is 13.8. The first-order chi connectivity index (χ1) is 11.2. The van der Waals surface area contributed by atoms with E-state index in [9.17, 15) is 9.18 Å². The Morgan fingerprint density at radius 1 is 1.38 bits per heavy atom. The van der Waals surface area contributed by atoms with E-state index in [-0.39, 0.29) is 18.0 Å². The monoisotopic (exact) mass is 400 g/mol. The molecule has 2 aliphatic rings. The molecule has 1 saturated heterocycles. The minimum Gasteiger partial charge on any atom is -0.492 e. The minimum absolute atomic E-state index is 0.0699. The van der Waals surface area contributed by atoms with Crippen LogP contribution in [-0.4, -0.2) is 53.8 Å². The van der Waals surface area contributed by atoms with E-state index in [1.807, 2.05) is 20.8 Å². The average Bonchev–Trinajstić information content (AvgIpc) is 2.65. The number of nitrogens with zero attached hydrogens (tertiary/aromatic N) is 2. The highest BCUT2D eigenvalue weighted by Crippen LogP contribution is 2.31. The van der Waals surface area contributed by atoms with E-state index in [0.29, 0.717) is 43.0 Å². The number of amides is 1. The number of ether oxygens (including phenoxy) is 2. The highest BCUT2D eigenvalue weighted by molar-refractivity contribution is 9.10. The van der Waals surface area contributed by atoms with Crippen LogP contribution in [0.25, 0.3) is 0 Å². The molecule has 1 aromatic rings. The molecule has 2 heterocycles. The van der Waals surface area contributed by atoms with Gasteiger partial charge in [0.25, 0.3) is 0 Å². The lowest BCUT2D eigenvalue weighted by atomic mass is 10.1. The van der Waals surface area contributed by atoms with Gasteiger partial charge in [-0.05, 0) is 48.8 Å². The Hall–Kier alpha value is -1.34. The van der Waals surface area contributed by atoms with Crippen LogP contribution in [0.4, 0.5) is 9.18 Å². The Morgan fingerprint density at radius 2 is 2.12 bits per heavy atom. The first-order valence-electron chi connectivity index (χ1n) is 8.05. The second kappa shape index (κ2) is 6.52. The fraction of sp³-hybridized carbons (Fsp3) is 0.588. The van der Waals surface area contributed by atoms with E-state index in [2.05, 4.69) is 20.8 Å². The second-order valence-electron chi connectivity index (χ2n) is 7.24. The van der Waals surface area contributed by atoms with Crippen LogP contribution in [0.1, 0.15) is 26.3 Å². The fourth-order valence-corrected chi connectivity index (χ4v) is 3.31. The summed E-state index contributed by atoms with van der Waals surface area (Å²) in [4.78, 5) is 16.2. The molecular weight excluding hydrogens is 379 g/mol. The number of benzene rings is 1. The van der Waals surface area contributed by atoms with Crippen molar-refractivity contribution in [3.8, 4) is 5.75 Å². The molecule has 7 heteroatoms. The van der Waals surface area contributed by atoms with Gasteiger partial charge >= 0.3 is 6.09 Å². The predicted octanol–water partition coefficient (Wildman–Crippen LogP) is 3.40. The fourth-order valence-electron chi connectivity index (χ4n) is 2.98. The molecule has 0 saturated carbocycles. The van der Waals surface area contributed by atoms with Gasteiger partial charge in [-0.25, -0.2) is 9.18 Å². The van der Waals surface area contributed by atoms with Crippen molar-refractivity contribution in [2.75, 3.05) is 26.2 Å². The Labute approximate surface area is 149 Å². The average molecular weight is 401 g/mol. The van der Waals surface area contributed by atoms with Crippen molar-refractivity contribution in [1.29, 1.82) is 0 Å². The quantitative estimate of drug-likeness (QED) is 0.669. The number of rotatable bonds is 0. The summed E-state index contributed by atoms with van der Waals surface area (Å²) in [7, 11) is 0. The number of carbonyl (C=O) groups excluding carboxylic acids is 1. The molecule has 2 aliphatic heterocycles. The molecule has 1 atom stereocenters. The summed E-state index contributed by atoms with van der Waals surface area (Å²) in [5.41, 5.74) is 0.331. The normalized spacial score (nSPS) is 21.4. The molecule has 0 N–H and O–H groups in total. The van der Waals surface area contributed by atoms with Crippen molar-refractivity contribution in [2.45, 2.75) is 39.0 Å². The van der Waals surface area contributed by atoms with Crippen LogP contribution in [0.15, 0.2) is 16.6 Å². The summed E-state index contributed by atoms with van der Waals surface area (Å²) in [6.07, 6.45) is -0.294. The van der Waals surface area contributed by atoms with Crippen molar-refractivity contribution in [3.05, 3.63) is 28.0 Å². The summed E-state index contributed by atoms with van der Waals surface area (Å²) in [6.45, 7) is 8.52. The van der Waals surface area contributed by atoms with Gasteiger partial charge in [0.2, 0.25) is 0 Å². The molecule has 132 valence electrons. The lowest BCUT2D eigenvalue weighted by molar-refractivity contribution is -0.00154. The first kappa shape index (κ1) is 17.5. The van der Waals surface area contributed by atoms with E-state index >= 15 is 0 Å². The molecule has 24 heavy (non-hydrogen) atoms. The Bertz CT molecular complexity index is 647.